The molecular weight excluding hydrogens is 216 g/mol. The average molecular weight is 242 g/mol. The van der Waals surface area contributed by atoms with Gasteiger partial charge in [0.05, 0.1) is 11.7 Å². The van der Waals surface area contributed by atoms with E-state index in [1.54, 1.807) is 0 Å². The van der Waals surface area contributed by atoms with Crippen LogP contribution in [0.3, 0.4) is 0 Å². The summed E-state index contributed by atoms with van der Waals surface area (Å²) in [7, 11) is 0. The third kappa shape index (κ3) is 3.01. The van der Waals surface area contributed by atoms with Crippen LogP contribution in [0.2, 0.25) is 0 Å². The summed E-state index contributed by atoms with van der Waals surface area (Å²) in [6, 6.07) is 0. The van der Waals surface area contributed by atoms with Crippen LogP contribution in [0.25, 0.3) is 0 Å². The van der Waals surface area contributed by atoms with Gasteiger partial charge in [-0.3, -0.25) is 0 Å². The van der Waals surface area contributed by atoms with Crippen LogP contribution in [-0.4, -0.2) is 36.6 Å². The summed E-state index contributed by atoms with van der Waals surface area (Å²) in [5, 5.41) is 10.00. The molecule has 17 heavy (non-hydrogen) atoms. The van der Waals surface area contributed by atoms with Crippen molar-refractivity contribution in [1.82, 2.24) is 0 Å². The van der Waals surface area contributed by atoms with Crippen molar-refractivity contribution >= 4 is 0 Å². The summed E-state index contributed by atoms with van der Waals surface area (Å²) < 4.78 is 11.5. The van der Waals surface area contributed by atoms with Crippen LogP contribution in [0.15, 0.2) is 0 Å². The van der Waals surface area contributed by atoms with Gasteiger partial charge < -0.3 is 14.6 Å². The predicted octanol–water partition coefficient (Wildman–Crippen LogP) is 2.37. The molecule has 0 aliphatic carbocycles. The fourth-order valence-electron chi connectivity index (χ4n) is 3.29. The van der Waals surface area contributed by atoms with Gasteiger partial charge >= 0.3 is 0 Å². The molecule has 0 amide bonds. The van der Waals surface area contributed by atoms with E-state index in [2.05, 4.69) is 13.8 Å². The predicted molar refractivity (Wildman–Crippen MR) is 66.9 cm³/mol. The maximum Gasteiger partial charge on any atom is 0.0729 e. The van der Waals surface area contributed by atoms with Crippen molar-refractivity contribution in [3.05, 3.63) is 0 Å². The van der Waals surface area contributed by atoms with Gasteiger partial charge in [0.15, 0.2) is 0 Å². The summed E-state index contributed by atoms with van der Waals surface area (Å²) in [4.78, 5) is 0. The highest BCUT2D eigenvalue weighted by molar-refractivity contribution is 4.91. The molecule has 2 aliphatic rings. The van der Waals surface area contributed by atoms with Crippen LogP contribution in [-0.2, 0) is 9.47 Å². The Hall–Kier alpha value is -0.120. The number of aliphatic hydroxyl groups is 1. The van der Waals surface area contributed by atoms with Gasteiger partial charge in [-0.2, -0.15) is 0 Å². The monoisotopic (exact) mass is 242 g/mol. The van der Waals surface area contributed by atoms with Crippen molar-refractivity contribution in [2.24, 2.45) is 11.8 Å². The van der Waals surface area contributed by atoms with Gasteiger partial charge in [-0.15, -0.1) is 0 Å². The normalized spacial score (nSPS) is 32.3. The topological polar surface area (TPSA) is 38.7 Å². The summed E-state index contributed by atoms with van der Waals surface area (Å²) >= 11 is 0. The van der Waals surface area contributed by atoms with Gasteiger partial charge in [0.1, 0.15) is 0 Å². The van der Waals surface area contributed by atoms with Crippen molar-refractivity contribution in [2.75, 3.05) is 19.8 Å². The Kier molecular flexibility index (Phi) is 4.45. The van der Waals surface area contributed by atoms with E-state index in [0.29, 0.717) is 11.8 Å². The van der Waals surface area contributed by atoms with E-state index in [-0.39, 0.29) is 11.7 Å². The number of rotatable bonds is 3. The standard InChI is InChI=1S/C14H26O3/c1-3-13(15)11(2)12-4-7-17-14(10-12)5-8-16-9-6-14/h11-13,15H,3-10H2,1-2H3. The van der Waals surface area contributed by atoms with E-state index in [4.69, 9.17) is 9.47 Å². The first-order valence-corrected chi connectivity index (χ1v) is 7.06. The van der Waals surface area contributed by atoms with Crippen LogP contribution in [0.5, 0.6) is 0 Å². The lowest BCUT2D eigenvalue weighted by Gasteiger charge is -2.45. The second-order valence-corrected chi connectivity index (χ2v) is 5.73. The van der Waals surface area contributed by atoms with E-state index in [1.807, 2.05) is 0 Å². The van der Waals surface area contributed by atoms with Crippen LogP contribution in [0, 0.1) is 11.8 Å². The number of hydrogen-bond acceptors (Lipinski definition) is 3. The number of ether oxygens (including phenoxy) is 2. The molecule has 0 aromatic carbocycles. The lowest BCUT2D eigenvalue weighted by Crippen LogP contribution is -2.46. The molecule has 100 valence electrons. The molecule has 2 fully saturated rings. The van der Waals surface area contributed by atoms with E-state index in [9.17, 15) is 5.11 Å². The Bertz CT molecular complexity index is 230. The fourth-order valence-corrected chi connectivity index (χ4v) is 3.29. The van der Waals surface area contributed by atoms with Crippen molar-refractivity contribution in [2.45, 2.75) is 57.7 Å². The zero-order valence-electron chi connectivity index (χ0n) is 11.2. The second kappa shape index (κ2) is 5.68. The molecule has 0 aromatic heterocycles. The van der Waals surface area contributed by atoms with Gasteiger partial charge in [-0.05, 0) is 43.9 Å². The molecule has 1 N–H and O–H groups in total. The van der Waals surface area contributed by atoms with Gasteiger partial charge in [-0.1, -0.05) is 13.8 Å². The number of aliphatic hydroxyl groups excluding tert-OH is 1. The Morgan fingerprint density at radius 2 is 2.00 bits per heavy atom. The van der Waals surface area contributed by atoms with Gasteiger partial charge in [-0.25, -0.2) is 0 Å². The maximum absolute atomic E-state index is 10.00. The molecule has 3 unspecified atom stereocenters. The smallest absolute Gasteiger partial charge is 0.0729 e. The molecule has 2 rings (SSSR count). The highest BCUT2D eigenvalue weighted by atomic mass is 16.5. The van der Waals surface area contributed by atoms with Gasteiger partial charge in [0.25, 0.3) is 0 Å². The molecular formula is C14H26O3. The SMILES string of the molecule is CCC(O)C(C)C1CCOC2(CCOCC2)C1. The Morgan fingerprint density at radius 3 is 2.65 bits per heavy atom. The molecule has 3 nitrogen and oxygen atoms in total. The first-order chi connectivity index (χ1) is 8.17. The highest BCUT2D eigenvalue weighted by Gasteiger charge is 2.41. The molecule has 0 aromatic rings. The minimum atomic E-state index is -0.157. The molecule has 0 bridgehead atoms. The van der Waals surface area contributed by atoms with Crippen LogP contribution < -0.4 is 0 Å². The van der Waals surface area contributed by atoms with Crippen molar-refractivity contribution in [1.29, 1.82) is 0 Å². The maximum atomic E-state index is 10.00. The van der Waals surface area contributed by atoms with E-state index in [1.165, 1.54) is 0 Å². The van der Waals surface area contributed by atoms with E-state index < -0.39 is 0 Å². The van der Waals surface area contributed by atoms with E-state index in [0.717, 1.165) is 51.9 Å². The first kappa shape index (κ1) is 13.3. The van der Waals surface area contributed by atoms with Crippen molar-refractivity contribution < 1.29 is 14.6 Å². The summed E-state index contributed by atoms with van der Waals surface area (Å²) in [5.41, 5.74) is 0.0584. The molecule has 2 heterocycles. The fraction of sp³-hybridized carbons (Fsp3) is 1.00. The Labute approximate surface area is 104 Å². The Balaban J connectivity index is 1.96. The van der Waals surface area contributed by atoms with Crippen LogP contribution in [0.4, 0.5) is 0 Å². The zero-order chi connectivity index (χ0) is 12.3. The van der Waals surface area contributed by atoms with Gasteiger partial charge in [0, 0.05) is 19.8 Å². The summed E-state index contributed by atoms with van der Waals surface area (Å²) in [6.07, 6.45) is 4.95. The molecule has 1 spiro atoms. The molecule has 0 radical (unpaired) electrons. The Morgan fingerprint density at radius 1 is 1.29 bits per heavy atom. The minimum Gasteiger partial charge on any atom is -0.393 e. The molecule has 3 heteroatoms. The molecule has 2 aliphatic heterocycles. The third-order valence-corrected chi connectivity index (χ3v) is 4.70. The second-order valence-electron chi connectivity index (χ2n) is 5.73. The quantitative estimate of drug-likeness (QED) is 0.825. The summed E-state index contributed by atoms with van der Waals surface area (Å²) in [6.45, 7) is 6.77. The van der Waals surface area contributed by atoms with Crippen LogP contribution >= 0.6 is 0 Å². The summed E-state index contributed by atoms with van der Waals surface area (Å²) in [5.74, 6) is 1.00. The molecule has 3 atom stereocenters. The van der Waals surface area contributed by atoms with Crippen LogP contribution in [0.1, 0.15) is 46.0 Å². The largest absolute Gasteiger partial charge is 0.393 e. The lowest BCUT2D eigenvalue weighted by molar-refractivity contribution is -0.156. The average Bonchev–Trinajstić information content (AvgIpc) is 2.38. The van der Waals surface area contributed by atoms with Crippen molar-refractivity contribution in [3.8, 4) is 0 Å². The molecule has 0 saturated carbocycles. The first-order valence-electron chi connectivity index (χ1n) is 7.06. The third-order valence-electron chi connectivity index (χ3n) is 4.70. The minimum absolute atomic E-state index is 0.0584. The van der Waals surface area contributed by atoms with E-state index >= 15 is 0 Å². The van der Waals surface area contributed by atoms with Crippen molar-refractivity contribution in [3.63, 3.8) is 0 Å². The number of hydrogen-bond donors (Lipinski definition) is 1. The molecule has 2 saturated heterocycles. The lowest BCUT2D eigenvalue weighted by atomic mass is 9.74. The zero-order valence-corrected chi connectivity index (χ0v) is 11.2. The highest BCUT2D eigenvalue weighted by Crippen LogP contribution is 2.40. The van der Waals surface area contributed by atoms with Gasteiger partial charge in [0.2, 0.25) is 0 Å².